The van der Waals surface area contributed by atoms with E-state index >= 15 is 0 Å². The number of fused-ring (bicyclic) bond motifs is 1. The summed E-state index contributed by atoms with van der Waals surface area (Å²) in [5, 5.41) is 12.5. The van der Waals surface area contributed by atoms with E-state index in [1.165, 1.54) is 11.6 Å². The van der Waals surface area contributed by atoms with Crippen LogP contribution in [-0.4, -0.2) is 36.4 Å². The first-order chi connectivity index (χ1) is 9.33. The molecule has 0 saturated heterocycles. The van der Waals surface area contributed by atoms with Crippen LogP contribution in [0.1, 0.15) is 20.3 Å². The van der Waals surface area contributed by atoms with Crippen LogP contribution in [0.2, 0.25) is 0 Å². The van der Waals surface area contributed by atoms with Gasteiger partial charge in [0, 0.05) is 14.1 Å². The van der Waals surface area contributed by atoms with Crippen LogP contribution in [0.3, 0.4) is 0 Å². The third-order valence-electron chi connectivity index (χ3n) is 3.64. The number of imidazole rings is 1. The van der Waals surface area contributed by atoms with E-state index in [0.717, 1.165) is 4.57 Å². The topological polar surface area (TPSA) is 105 Å². The fourth-order valence-corrected chi connectivity index (χ4v) is 1.91. The summed E-state index contributed by atoms with van der Waals surface area (Å²) in [6.45, 7) is 3.70. The number of nitrogens with zero attached hydrogens (tertiary/aromatic N) is 3. The van der Waals surface area contributed by atoms with Gasteiger partial charge in [0.25, 0.3) is 5.56 Å². The van der Waals surface area contributed by atoms with Crippen molar-refractivity contribution in [3.05, 3.63) is 20.8 Å². The largest absolute Gasteiger partial charge is 0.394 e. The molecule has 0 bridgehead atoms. The van der Waals surface area contributed by atoms with Gasteiger partial charge in [0.15, 0.2) is 11.2 Å². The van der Waals surface area contributed by atoms with Crippen molar-refractivity contribution in [1.82, 2.24) is 19.1 Å². The van der Waals surface area contributed by atoms with Crippen LogP contribution >= 0.6 is 0 Å². The van der Waals surface area contributed by atoms with E-state index in [1.807, 2.05) is 13.8 Å². The second-order valence-electron chi connectivity index (χ2n) is 5.19. The van der Waals surface area contributed by atoms with E-state index in [9.17, 15) is 14.7 Å². The number of aliphatic hydroxyl groups is 1. The zero-order valence-electron chi connectivity index (χ0n) is 12.0. The number of hydrogen-bond acceptors (Lipinski definition) is 5. The van der Waals surface area contributed by atoms with Gasteiger partial charge in [-0.05, 0) is 13.3 Å². The number of rotatable bonds is 4. The van der Waals surface area contributed by atoms with Gasteiger partial charge < -0.3 is 15.4 Å². The highest BCUT2D eigenvalue weighted by atomic mass is 16.3. The summed E-state index contributed by atoms with van der Waals surface area (Å²) in [6.07, 6.45) is 0.678. The van der Waals surface area contributed by atoms with Gasteiger partial charge in [-0.3, -0.25) is 13.9 Å². The van der Waals surface area contributed by atoms with E-state index in [-0.39, 0.29) is 17.8 Å². The van der Waals surface area contributed by atoms with Crippen molar-refractivity contribution in [3.63, 3.8) is 0 Å². The molecule has 0 radical (unpaired) electrons. The molecule has 1 unspecified atom stereocenters. The lowest BCUT2D eigenvalue weighted by molar-refractivity contribution is 0.218. The summed E-state index contributed by atoms with van der Waals surface area (Å²) in [5.41, 5.74) is -0.852. The van der Waals surface area contributed by atoms with Crippen LogP contribution in [0, 0.1) is 0 Å². The van der Waals surface area contributed by atoms with Crippen LogP contribution in [0.4, 0.5) is 5.95 Å². The smallest absolute Gasteiger partial charge is 0.332 e. The number of H-pyrrole nitrogens is 1. The molecule has 2 aromatic heterocycles. The molecule has 0 aliphatic rings. The average molecular weight is 281 g/mol. The van der Waals surface area contributed by atoms with Crippen molar-refractivity contribution in [3.8, 4) is 0 Å². The highest BCUT2D eigenvalue weighted by Gasteiger charge is 2.23. The third kappa shape index (κ3) is 2.11. The fourth-order valence-electron chi connectivity index (χ4n) is 1.91. The predicted octanol–water partition coefficient (Wildman–Crippen LogP) is -0.467. The van der Waals surface area contributed by atoms with Gasteiger partial charge in [0.1, 0.15) is 0 Å². The molecule has 0 spiro atoms. The molecular formula is C12H19N5O3. The number of aromatic amines is 1. The van der Waals surface area contributed by atoms with E-state index in [2.05, 4.69) is 15.3 Å². The van der Waals surface area contributed by atoms with Crippen molar-refractivity contribution < 1.29 is 5.11 Å². The number of anilines is 1. The van der Waals surface area contributed by atoms with Crippen LogP contribution in [0.15, 0.2) is 9.59 Å². The van der Waals surface area contributed by atoms with E-state index < -0.39 is 16.8 Å². The molecule has 110 valence electrons. The van der Waals surface area contributed by atoms with Crippen molar-refractivity contribution >= 4 is 17.1 Å². The highest BCUT2D eigenvalue weighted by Crippen LogP contribution is 2.17. The Morgan fingerprint density at radius 3 is 2.55 bits per heavy atom. The number of hydrogen-bond donors (Lipinski definition) is 3. The van der Waals surface area contributed by atoms with Gasteiger partial charge in [-0.2, -0.15) is 4.98 Å². The van der Waals surface area contributed by atoms with Crippen molar-refractivity contribution in [2.24, 2.45) is 14.1 Å². The summed E-state index contributed by atoms with van der Waals surface area (Å²) in [6, 6.07) is 0. The van der Waals surface area contributed by atoms with Crippen LogP contribution in [0.25, 0.3) is 11.2 Å². The van der Waals surface area contributed by atoms with Crippen LogP contribution in [0.5, 0.6) is 0 Å². The highest BCUT2D eigenvalue weighted by molar-refractivity contribution is 5.72. The van der Waals surface area contributed by atoms with E-state index in [0.29, 0.717) is 12.4 Å². The lowest BCUT2D eigenvalue weighted by Crippen LogP contribution is -2.38. The molecule has 20 heavy (non-hydrogen) atoms. The van der Waals surface area contributed by atoms with E-state index in [4.69, 9.17) is 0 Å². The first kappa shape index (κ1) is 14.3. The minimum absolute atomic E-state index is 0.0719. The summed E-state index contributed by atoms with van der Waals surface area (Å²) in [5.74, 6) is 0.358. The Kier molecular flexibility index (Phi) is 3.43. The normalized spacial score (nSPS) is 14.4. The molecule has 8 nitrogen and oxygen atoms in total. The Bertz CT molecular complexity index is 751. The van der Waals surface area contributed by atoms with Crippen LogP contribution < -0.4 is 16.6 Å². The number of aryl methyl sites for hydroxylation is 1. The molecular weight excluding hydrogens is 262 g/mol. The quantitative estimate of drug-likeness (QED) is 0.703. The number of nitrogens with one attached hydrogen (secondary N) is 2. The Balaban J connectivity index is 2.61. The molecule has 1 atom stereocenters. The average Bonchev–Trinajstić information content (AvgIpc) is 2.86. The maximum Gasteiger partial charge on any atom is 0.332 e. The van der Waals surface area contributed by atoms with E-state index in [1.54, 1.807) is 7.05 Å². The van der Waals surface area contributed by atoms with Gasteiger partial charge in [-0.25, -0.2) is 4.79 Å². The molecule has 0 aliphatic heterocycles. The zero-order valence-corrected chi connectivity index (χ0v) is 12.0. The standard InChI is InChI=1S/C12H19N5O3/c1-5-12(2,6-18)15-10-13-7-8(14-10)16(3)11(20)17(4)9(7)19/h18H,5-6H2,1-4H3,(H2,13,14,15). The molecule has 2 rings (SSSR count). The van der Waals surface area contributed by atoms with Crippen molar-refractivity contribution in [2.45, 2.75) is 25.8 Å². The van der Waals surface area contributed by atoms with Gasteiger partial charge in [0.2, 0.25) is 5.95 Å². The third-order valence-corrected chi connectivity index (χ3v) is 3.64. The molecule has 0 amide bonds. The summed E-state index contributed by atoms with van der Waals surface area (Å²) < 4.78 is 2.33. The van der Waals surface area contributed by atoms with Gasteiger partial charge in [-0.15, -0.1) is 0 Å². The lowest BCUT2D eigenvalue weighted by Gasteiger charge is -2.26. The maximum atomic E-state index is 12.0. The summed E-state index contributed by atoms with van der Waals surface area (Å²) in [7, 11) is 2.97. The second-order valence-corrected chi connectivity index (χ2v) is 5.19. The first-order valence-corrected chi connectivity index (χ1v) is 6.37. The monoisotopic (exact) mass is 281 g/mol. The molecule has 0 fully saturated rings. The number of aromatic nitrogens is 4. The van der Waals surface area contributed by atoms with Gasteiger partial charge in [-0.1, -0.05) is 6.92 Å². The minimum atomic E-state index is -0.544. The molecule has 0 aromatic carbocycles. The Morgan fingerprint density at radius 1 is 1.35 bits per heavy atom. The molecule has 0 aliphatic carbocycles. The molecule has 2 heterocycles. The number of aliphatic hydroxyl groups excluding tert-OH is 1. The summed E-state index contributed by atoms with van der Waals surface area (Å²) in [4.78, 5) is 30.9. The Morgan fingerprint density at radius 2 is 2.00 bits per heavy atom. The minimum Gasteiger partial charge on any atom is -0.394 e. The van der Waals surface area contributed by atoms with Gasteiger partial charge >= 0.3 is 5.69 Å². The molecule has 2 aromatic rings. The molecule has 8 heteroatoms. The molecule has 0 saturated carbocycles. The summed E-state index contributed by atoms with van der Waals surface area (Å²) >= 11 is 0. The van der Waals surface area contributed by atoms with Crippen molar-refractivity contribution in [1.29, 1.82) is 0 Å². The predicted molar refractivity (Wildman–Crippen MR) is 76.0 cm³/mol. The zero-order chi connectivity index (χ0) is 15.1. The van der Waals surface area contributed by atoms with Crippen LogP contribution in [-0.2, 0) is 14.1 Å². The second kappa shape index (κ2) is 4.78. The first-order valence-electron chi connectivity index (χ1n) is 6.37. The maximum absolute atomic E-state index is 12.0. The molecule has 3 N–H and O–H groups in total. The Hall–Kier alpha value is -2.09. The van der Waals surface area contributed by atoms with Gasteiger partial charge in [0.05, 0.1) is 12.1 Å². The lowest BCUT2D eigenvalue weighted by atomic mass is 10.0. The fraction of sp³-hybridized carbons (Fsp3) is 0.583. The SMILES string of the molecule is CCC(C)(CO)Nc1nc2c([nH]1)c(=O)n(C)c(=O)n2C. The Labute approximate surface area is 115 Å². The van der Waals surface area contributed by atoms with Crippen molar-refractivity contribution in [2.75, 3.05) is 11.9 Å².